The molecule has 2 unspecified atom stereocenters. The molecule has 0 aromatic rings. The van der Waals surface area contributed by atoms with Gasteiger partial charge in [0, 0.05) is 26.2 Å². The normalized spacial score (nSPS) is 22.8. The topological polar surface area (TPSA) is 58.4 Å². The van der Waals surface area contributed by atoms with E-state index < -0.39 is 0 Å². The summed E-state index contributed by atoms with van der Waals surface area (Å²) in [6, 6.07) is -0.137. The average Bonchev–Trinajstić information content (AvgIpc) is 2.17. The van der Waals surface area contributed by atoms with E-state index in [-0.39, 0.29) is 23.3 Å². The Labute approximate surface area is 98.6 Å². The van der Waals surface area contributed by atoms with Gasteiger partial charge in [-0.15, -0.1) is 0 Å². The molecule has 4 nitrogen and oxygen atoms in total. The Bertz CT molecular complexity index is 241. The highest BCUT2D eigenvalue weighted by molar-refractivity contribution is 5.80. The van der Waals surface area contributed by atoms with Gasteiger partial charge in [-0.05, 0) is 11.3 Å². The minimum atomic E-state index is -0.190. The number of nitrogens with zero attached hydrogens (tertiary/aromatic N) is 1. The van der Waals surface area contributed by atoms with Crippen LogP contribution >= 0.6 is 0 Å². The lowest BCUT2D eigenvalue weighted by Crippen LogP contribution is -2.57. The van der Waals surface area contributed by atoms with Crippen LogP contribution in [0, 0.1) is 11.3 Å². The minimum absolute atomic E-state index is 0.102. The molecule has 1 aliphatic rings. The summed E-state index contributed by atoms with van der Waals surface area (Å²) in [7, 11) is 0. The molecule has 1 heterocycles. The second-order valence-electron chi connectivity index (χ2n) is 5.79. The lowest BCUT2D eigenvalue weighted by molar-refractivity contribution is -0.127. The summed E-state index contributed by atoms with van der Waals surface area (Å²) >= 11 is 0. The summed E-state index contributed by atoms with van der Waals surface area (Å²) in [6.45, 7) is 12.3. The lowest BCUT2D eigenvalue weighted by atomic mass is 9.76. The summed E-state index contributed by atoms with van der Waals surface area (Å²) < 4.78 is 0. The smallest absolute Gasteiger partial charge is 0.235 e. The van der Waals surface area contributed by atoms with Crippen molar-refractivity contribution in [3.8, 4) is 0 Å². The summed E-state index contributed by atoms with van der Waals surface area (Å²) in [6.07, 6.45) is 0. The predicted molar refractivity (Wildman–Crippen MR) is 66.0 cm³/mol. The van der Waals surface area contributed by atoms with Crippen molar-refractivity contribution in [3.63, 3.8) is 0 Å². The number of hydrogen-bond acceptors (Lipinski definition) is 3. The van der Waals surface area contributed by atoms with E-state index in [4.69, 9.17) is 5.73 Å². The van der Waals surface area contributed by atoms with Crippen LogP contribution in [0.15, 0.2) is 0 Å². The number of hydrogen-bond donors (Lipinski definition) is 2. The second kappa shape index (κ2) is 5.15. The van der Waals surface area contributed by atoms with E-state index in [0.29, 0.717) is 0 Å². The molecule has 0 aromatic heterocycles. The molecule has 0 radical (unpaired) electrons. The molecule has 0 saturated carbocycles. The third-order valence-electron chi connectivity index (χ3n) is 3.68. The standard InChI is InChI=1S/C12H25N3O/c1-9(12(2,3)4)10(11(13)16)15-7-5-14-6-8-15/h9-10,14H,5-8H2,1-4H3,(H2,13,16). The summed E-state index contributed by atoms with van der Waals surface area (Å²) in [5.41, 5.74) is 5.67. The molecule has 0 bridgehead atoms. The average molecular weight is 227 g/mol. The molecule has 16 heavy (non-hydrogen) atoms. The van der Waals surface area contributed by atoms with Crippen molar-refractivity contribution in [3.05, 3.63) is 0 Å². The van der Waals surface area contributed by atoms with Crippen LogP contribution in [0.4, 0.5) is 0 Å². The molecule has 4 heteroatoms. The first-order valence-electron chi connectivity index (χ1n) is 6.08. The Balaban J connectivity index is 2.77. The van der Waals surface area contributed by atoms with Crippen LogP contribution in [0.1, 0.15) is 27.7 Å². The number of rotatable bonds is 3. The van der Waals surface area contributed by atoms with Gasteiger partial charge in [0.15, 0.2) is 0 Å². The van der Waals surface area contributed by atoms with Crippen LogP contribution in [0.25, 0.3) is 0 Å². The quantitative estimate of drug-likeness (QED) is 0.735. The maximum atomic E-state index is 11.6. The first-order chi connectivity index (χ1) is 7.34. The Hall–Kier alpha value is -0.610. The van der Waals surface area contributed by atoms with E-state index in [2.05, 4.69) is 37.9 Å². The molecule has 1 rings (SSSR count). The van der Waals surface area contributed by atoms with Crippen molar-refractivity contribution in [2.24, 2.45) is 17.1 Å². The highest BCUT2D eigenvalue weighted by Crippen LogP contribution is 2.30. The first kappa shape index (κ1) is 13.5. The zero-order valence-corrected chi connectivity index (χ0v) is 10.9. The van der Waals surface area contributed by atoms with Gasteiger partial charge in [-0.3, -0.25) is 9.69 Å². The minimum Gasteiger partial charge on any atom is -0.368 e. The fourth-order valence-corrected chi connectivity index (χ4v) is 2.18. The Morgan fingerprint density at radius 2 is 1.81 bits per heavy atom. The fourth-order valence-electron chi connectivity index (χ4n) is 2.18. The number of piperazine rings is 1. The van der Waals surface area contributed by atoms with Crippen molar-refractivity contribution in [1.29, 1.82) is 0 Å². The zero-order valence-electron chi connectivity index (χ0n) is 10.9. The number of amides is 1. The Kier molecular flexibility index (Phi) is 4.33. The lowest BCUT2D eigenvalue weighted by Gasteiger charge is -2.41. The largest absolute Gasteiger partial charge is 0.368 e. The van der Waals surface area contributed by atoms with Gasteiger partial charge < -0.3 is 11.1 Å². The van der Waals surface area contributed by atoms with Crippen LogP contribution in [0.2, 0.25) is 0 Å². The Morgan fingerprint density at radius 3 is 2.19 bits per heavy atom. The van der Waals surface area contributed by atoms with E-state index in [1.54, 1.807) is 0 Å². The zero-order chi connectivity index (χ0) is 12.3. The number of carbonyl (C=O) groups excluding carboxylic acids is 1. The van der Waals surface area contributed by atoms with E-state index >= 15 is 0 Å². The molecular formula is C12H25N3O. The third kappa shape index (κ3) is 3.19. The number of nitrogens with one attached hydrogen (secondary N) is 1. The van der Waals surface area contributed by atoms with Gasteiger partial charge in [0.05, 0.1) is 6.04 Å². The monoisotopic (exact) mass is 227 g/mol. The molecule has 0 spiro atoms. The fraction of sp³-hybridized carbons (Fsp3) is 0.917. The molecular weight excluding hydrogens is 202 g/mol. The van der Waals surface area contributed by atoms with Crippen molar-refractivity contribution < 1.29 is 4.79 Å². The summed E-state index contributed by atoms with van der Waals surface area (Å²) in [5.74, 6) is 0.0763. The molecule has 94 valence electrons. The molecule has 0 aliphatic carbocycles. The second-order valence-corrected chi connectivity index (χ2v) is 5.79. The van der Waals surface area contributed by atoms with Crippen molar-refractivity contribution in [1.82, 2.24) is 10.2 Å². The molecule has 3 N–H and O–H groups in total. The van der Waals surface area contributed by atoms with Gasteiger partial charge in [0.2, 0.25) is 5.91 Å². The van der Waals surface area contributed by atoms with E-state index in [1.807, 2.05) is 0 Å². The van der Waals surface area contributed by atoms with Gasteiger partial charge in [0.25, 0.3) is 0 Å². The number of carbonyl (C=O) groups is 1. The highest BCUT2D eigenvalue weighted by atomic mass is 16.1. The van der Waals surface area contributed by atoms with Gasteiger partial charge in [-0.25, -0.2) is 0 Å². The first-order valence-corrected chi connectivity index (χ1v) is 6.08. The highest BCUT2D eigenvalue weighted by Gasteiger charge is 2.36. The van der Waals surface area contributed by atoms with Crippen molar-refractivity contribution >= 4 is 5.91 Å². The number of primary amides is 1. The van der Waals surface area contributed by atoms with Crippen LogP contribution in [0.3, 0.4) is 0 Å². The van der Waals surface area contributed by atoms with Crippen LogP contribution in [-0.2, 0) is 4.79 Å². The molecule has 0 aromatic carbocycles. The summed E-state index contributed by atoms with van der Waals surface area (Å²) in [5, 5.41) is 3.29. The van der Waals surface area contributed by atoms with E-state index in [1.165, 1.54) is 0 Å². The molecule has 1 aliphatic heterocycles. The van der Waals surface area contributed by atoms with Gasteiger partial charge in [-0.2, -0.15) is 0 Å². The van der Waals surface area contributed by atoms with Crippen LogP contribution in [-0.4, -0.2) is 43.0 Å². The molecule has 1 fully saturated rings. The van der Waals surface area contributed by atoms with Crippen LogP contribution in [0.5, 0.6) is 0 Å². The predicted octanol–water partition coefficient (Wildman–Crippen LogP) is 0.428. The van der Waals surface area contributed by atoms with Crippen LogP contribution < -0.4 is 11.1 Å². The molecule has 2 atom stereocenters. The van der Waals surface area contributed by atoms with E-state index in [9.17, 15) is 4.79 Å². The maximum Gasteiger partial charge on any atom is 0.235 e. The number of nitrogens with two attached hydrogens (primary N) is 1. The maximum absolute atomic E-state index is 11.6. The Morgan fingerprint density at radius 1 is 1.31 bits per heavy atom. The van der Waals surface area contributed by atoms with E-state index in [0.717, 1.165) is 26.2 Å². The molecule has 1 amide bonds. The van der Waals surface area contributed by atoms with Gasteiger partial charge in [-0.1, -0.05) is 27.7 Å². The SMILES string of the molecule is CC(C(C(N)=O)N1CCNCC1)C(C)(C)C. The third-order valence-corrected chi connectivity index (χ3v) is 3.68. The van der Waals surface area contributed by atoms with Gasteiger partial charge >= 0.3 is 0 Å². The van der Waals surface area contributed by atoms with Crippen molar-refractivity contribution in [2.75, 3.05) is 26.2 Å². The summed E-state index contributed by atoms with van der Waals surface area (Å²) in [4.78, 5) is 13.9. The van der Waals surface area contributed by atoms with Gasteiger partial charge in [0.1, 0.15) is 0 Å². The van der Waals surface area contributed by atoms with Crippen molar-refractivity contribution in [2.45, 2.75) is 33.7 Å². The molecule has 1 saturated heterocycles.